The van der Waals surface area contributed by atoms with E-state index in [1.807, 2.05) is 0 Å². The number of nitrogens with one attached hydrogen (secondary N) is 2. The summed E-state index contributed by atoms with van der Waals surface area (Å²) in [6.07, 6.45) is 1.83. The van der Waals surface area contributed by atoms with Crippen LogP contribution < -0.4 is 5.32 Å². The number of rotatable bonds is 3. The van der Waals surface area contributed by atoms with E-state index in [-0.39, 0.29) is 11.9 Å². The maximum absolute atomic E-state index is 13.2. The minimum absolute atomic E-state index is 0.0374. The summed E-state index contributed by atoms with van der Waals surface area (Å²) in [5.41, 5.74) is 0.404. The second kappa shape index (κ2) is 4.99. The predicted octanol–water partition coefficient (Wildman–Crippen LogP) is 1.57. The van der Waals surface area contributed by atoms with Crippen molar-refractivity contribution in [1.82, 2.24) is 20.5 Å². The molecule has 1 aromatic heterocycles. The number of hydrogen-bond donors (Lipinski definition) is 2. The fourth-order valence-corrected chi connectivity index (χ4v) is 2.21. The van der Waals surface area contributed by atoms with Gasteiger partial charge in [-0.1, -0.05) is 0 Å². The standard InChI is InChI=1S/C13H12F2N4O/c14-9-3-1-7(5-10(9)15)13-17-11(18-19-13)6-8-2-4-12(20)16-8/h1,3,5,8H,2,4,6H2,(H,16,20)(H,17,18,19)/t8-/m1/s1. The number of aromatic nitrogens is 3. The van der Waals surface area contributed by atoms with Crippen molar-refractivity contribution >= 4 is 5.91 Å². The minimum Gasteiger partial charge on any atom is -0.353 e. The van der Waals surface area contributed by atoms with Gasteiger partial charge in [-0.05, 0) is 24.6 Å². The van der Waals surface area contributed by atoms with Crippen LogP contribution in [0.15, 0.2) is 18.2 Å². The third kappa shape index (κ3) is 2.52. The average molecular weight is 278 g/mol. The number of aromatic amines is 1. The van der Waals surface area contributed by atoms with Crippen molar-refractivity contribution in [2.45, 2.75) is 25.3 Å². The molecular formula is C13H12F2N4O. The zero-order valence-electron chi connectivity index (χ0n) is 10.5. The van der Waals surface area contributed by atoms with Crippen LogP contribution in [-0.2, 0) is 11.2 Å². The molecule has 20 heavy (non-hydrogen) atoms. The lowest BCUT2D eigenvalue weighted by molar-refractivity contribution is -0.119. The summed E-state index contributed by atoms with van der Waals surface area (Å²) in [5, 5.41) is 9.56. The molecule has 1 fully saturated rings. The Morgan fingerprint density at radius 2 is 2.15 bits per heavy atom. The van der Waals surface area contributed by atoms with E-state index < -0.39 is 11.6 Å². The molecule has 0 radical (unpaired) electrons. The van der Waals surface area contributed by atoms with E-state index in [2.05, 4.69) is 20.5 Å². The van der Waals surface area contributed by atoms with E-state index in [0.717, 1.165) is 18.6 Å². The molecule has 2 heterocycles. The first-order chi connectivity index (χ1) is 9.61. The normalized spacial score (nSPS) is 18.3. The van der Waals surface area contributed by atoms with Crippen LogP contribution in [0.4, 0.5) is 8.78 Å². The van der Waals surface area contributed by atoms with Gasteiger partial charge in [-0.25, -0.2) is 13.8 Å². The van der Waals surface area contributed by atoms with Crippen LogP contribution in [0.5, 0.6) is 0 Å². The Labute approximate surface area is 113 Å². The Hall–Kier alpha value is -2.31. The van der Waals surface area contributed by atoms with Gasteiger partial charge < -0.3 is 5.32 Å². The maximum Gasteiger partial charge on any atom is 0.220 e. The van der Waals surface area contributed by atoms with Crippen molar-refractivity contribution in [2.75, 3.05) is 0 Å². The van der Waals surface area contributed by atoms with Crippen LogP contribution in [0.1, 0.15) is 18.7 Å². The number of carbonyl (C=O) groups excluding carboxylic acids is 1. The largest absolute Gasteiger partial charge is 0.353 e. The van der Waals surface area contributed by atoms with E-state index in [1.54, 1.807) is 0 Å². The van der Waals surface area contributed by atoms with Crippen molar-refractivity contribution in [3.05, 3.63) is 35.7 Å². The Morgan fingerprint density at radius 1 is 1.30 bits per heavy atom. The Morgan fingerprint density at radius 3 is 2.85 bits per heavy atom. The number of halogens is 2. The van der Waals surface area contributed by atoms with Gasteiger partial charge in [0.2, 0.25) is 5.91 Å². The SMILES string of the molecule is O=C1CC[C@H](Cc2nc(-c3ccc(F)c(F)c3)n[nH]2)N1. The first-order valence-corrected chi connectivity index (χ1v) is 6.28. The zero-order valence-corrected chi connectivity index (χ0v) is 10.5. The molecule has 104 valence electrons. The summed E-state index contributed by atoms with van der Waals surface area (Å²) in [6, 6.07) is 3.56. The van der Waals surface area contributed by atoms with Gasteiger partial charge in [0.1, 0.15) is 5.82 Å². The van der Waals surface area contributed by atoms with Gasteiger partial charge in [0.25, 0.3) is 0 Å². The van der Waals surface area contributed by atoms with E-state index >= 15 is 0 Å². The highest BCUT2D eigenvalue weighted by Gasteiger charge is 2.22. The first-order valence-electron chi connectivity index (χ1n) is 6.28. The molecule has 3 rings (SSSR count). The number of carbonyl (C=O) groups is 1. The lowest BCUT2D eigenvalue weighted by Gasteiger charge is -2.05. The molecular weight excluding hydrogens is 266 g/mol. The van der Waals surface area contributed by atoms with Crippen molar-refractivity contribution in [3.8, 4) is 11.4 Å². The van der Waals surface area contributed by atoms with Crippen LogP contribution in [0, 0.1) is 11.6 Å². The molecule has 1 atom stereocenters. The first kappa shape index (κ1) is 12.7. The molecule has 0 saturated carbocycles. The van der Waals surface area contributed by atoms with Crippen molar-refractivity contribution in [3.63, 3.8) is 0 Å². The number of nitrogens with zero attached hydrogens (tertiary/aromatic N) is 2. The van der Waals surface area contributed by atoms with Crippen LogP contribution in [-0.4, -0.2) is 27.1 Å². The minimum atomic E-state index is -0.933. The molecule has 0 bridgehead atoms. The number of hydrogen-bond acceptors (Lipinski definition) is 3. The number of amides is 1. The number of benzene rings is 1. The van der Waals surface area contributed by atoms with Gasteiger partial charge in [0, 0.05) is 24.4 Å². The van der Waals surface area contributed by atoms with Crippen LogP contribution >= 0.6 is 0 Å². The number of H-pyrrole nitrogens is 1. The van der Waals surface area contributed by atoms with E-state index in [1.165, 1.54) is 6.07 Å². The summed E-state index contributed by atoms with van der Waals surface area (Å²) >= 11 is 0. The summed E-state index contributed by atoms with van der Waals surface area (Å²) < 4.78 is 26.0. The highest BCUT2D eigenvalue weighted by Crippen LogP contribution is 2.18. The molecule has 2 aromatic rings. The summed E-state index contributed by atoms with van der Waals surface area (Å²) in [7, 11) is 0. The monoisotopic (exact) mass is 278 g/mol. The lowest BCUT2D eigenvalue weighted by Crippen LogP contribution is -2.27. The third-order valence-electron chi connectivity index (χ3n) is 3.23. The fourth-order valence-electron chi connectivity index (χ4n) is 2.21. The molecule has 0 spiro atoms. The zero-order chi connectivity index (χ0) is 14.1. The van der Waals surface area contributed by atoms with Gasteiger partial charge in [0.15, 0.2) is 17.5 Å². The van der Waals surface area contributed by atoms with Crippen molar-refractivity contribution in [1.29, 1.82) is 0 Å². The molecule has 5 nitrogen and oxygen atoms in total. The molecule has 2 N–H and O–H groups in total. The van der Waals surface area contributed by atoms with E-state index in [0.29, 0.717) is 30.1 Å². The van der Waals surface area contributed by atoms with Gasteiger partial charge in [0.05, 0.1) is 0 Å². The van der Waals surface area contributed by atoms with Crippen LogP contribution in [0.3, 0.4) is 0 Å². The van der Waals surface area contributed by atoms with Gasteiger partial charge in [-0.3, -0.25) is 9.89 Å². The molecule has 1 aromatic carbocycles. The molecule has 1 aliphatic rings. The third-order valence-corrected chi connectivity index (χ3v) is 3.23. The topological polar surface area (TPSA) is 70.7 Å². The average Bonchev–Trinajstić information content (AvgIpc) is 3.03. The van der Waals surface area contributed by atoms with Gasteiger partial charge in [-0.2, -0.15) is 5.10 Å². The molecule has 7 heteroatoms. The predicted molar refractivity (Wildman–Crippen MR) is 66.6 cm³/mol. The van der Waals surface area contributed by atoms with Gasteiger partial charge >= 0.3 is 0 Å². The van der Waals surface area contributed by atoms with Crippen LogP contribution in [0.2, 0.25) is 0 Å². The maximum atomic E-state index is 13.2. The Kier molecular flexibility index (Phi) is 3.17. The Bertz CT molecular complexity index is 656. The molecule has 0 unspecified atom stereocenters. The van der Waals surface area contributed by atoms with E-state index in [9.17, 15) is 13.6 Å². The second-order valence-corrected chi connectivity index (χ2v) is 4.74. The second-order valence-electron chi connectivity index (χ2n) is 4.74. The smallest absolute Gasteiger partial charge is 0.220 e. The highest BCUT2D eigenvalue weighted by molar-refractivity contribution is 5.78. The summed E-state index contributed by atoms with van der Waals surface area (Å²) in [6.45, 7) is 0. The summed E-state index contributed by atoms with van der Waals surface area (Å²) in [4.78, 5) is 15.3. The highest BCUT2D eigenvalue weighted by atomic mass is 19.2. The fraction of sp³-hybridized carbons (Fsp3) is 0.308. The van der Waals surface area contributed by atoms with Crippen molar-refractivity contribution < 1.29 is 13.6 Å². The quantitative estimate of drug-likeness (QED) is 0.895. The molecule has 0 aliphatic carbocycles. The summed E-state index contributed by atoms with van der Waals surface area (Å²) in [5.74, 6) is -0.884. The Balaban J connectivity index is 1.76. The van der Waals surface area contributed by atoms with E-state index in [4.69, 9.17) is 0 Å². The molecule has 1 aliphatic heterocycles. The molecule has 1 saturated heterocycles. The molecule has 1 amide bonds. The van der Waals surface area contributed by atoms with Crippen molar-refractivity contribution in [2.24, 2.45) is 0 Å². The lowest BCUT2D eigenvalue weighted by atomic mass is 10.1. The van der Waals surface area contributed by atoms with Crippen LogP contribution in [0.25, 0.3) is 11.4 Å². The van der Waals surface area contributed by atoms with Gasteiger partial charge in [-0.15, -0.1) is 0 Å².